The van der Waals surface area contributed by atoms with Crippen LogP contribution in [0.4, 0.5) is 11.5 Å². The Bertz CT molecular complexity index is 806. The van der Waals surface area contributed by atoms with Crippen molar-refractivity contribution in [3.05, 3.63) is 58.0 Å². The van der Waals surface area contributed by atoms with Gasteiger partial charge in [-0.05, 0) is 44.2 Å². The van der Waals surface area contributed by atoms with Crippen molar-refractivity contribution in [3.63, 3.8) is 0 Å². The molecule has 0 fully saturated rings. The second-order valence-electron chi connectivity index (χ2n) is 6.13. The van der Waals surface area contributed by atoms with E-state index in [-0.39, 0.29) is 11.6 Å². The fourth-order valence-electron chi connectivity index (χ4n) is 2.81. The minimum Gasteiger partial charge on any atom is -0.350 e. The van der Waals surface area contributed by atoms with Crippen LogP contribution in [-0.4, -0.2) is 22.4 Å². The highest BCUT2D eigenvalue weighted by Gasteiger charge is 2.10. The third kappa shape index (κ3) is 4.96. The van der Waals surface area contributed by atoms with Gasteiger partial charge in [0.1, 0.15) is 11.5 Å². The van der Waals surface area contributed by atoms with Crippen molar-refractivity contribution < 1.29 is 4.79 Å². The quantitative estimate of drug-likeness (QED) is 0.669. The highest BCUT2D eigenvalue weighted by molar-refractivity contribution is 6.43. The molecule has 26 heavy (non-hydrogen) atoms. The molecule has 0 unspecified atom stereocenters. The predicted molar refractivity (Wildman–Crippen MR) is 105 cm³/mol. The number of allylic oxidation sites excluding steroid dienone is 1. The van der Waals surface area contributed by atoms with Crippen LogP contribution in [-0.2, 0) is 0 Å². The molecule has 0 saturated heterocycles. The van der Waals surface area contributed by atoms with Crippen LogP contribution in [0.25, 0.3) is 0 Å². The number of benzene rings is 1. The van der Waals surface area contributed by atoms with E-state index in [1.807, 2.05) is 0 Å². The first-order chi connectivity index (χ1) is 12.6. The van der Waals surface area contributed by atoms with Gasteiger partial charge in [0.05, 0.1) is 28.1 Å². The Morgan fingerprint density at radius 3 is 2.77 bits per heavy atom. The second kappa shape index (κ2) is 9.01. The monoisotopic (exact) mass is 390 g/mol. The summed E-state index contributed by atoms with van der Waals surface area (Å²) in [6.07, 6.45) is 10.9. The van der Waals surface area contributed by atoms with E-state index in [1.54, 1.807) is 18.2 Å². The van der Waals surface area contributed by atoms with Crippen LogP contribution in [0.2, 0.25) is 10.0 Å². The summed E-state index contributed by atoms with van der Waals surface area (Å²) in [4.78, 5) is 20.5. The standard InChI is InChI=1S/C19H20Cl2N4O/c20-14-7-4-8-15(18(14)21)25-17-12-23-16(11-24-17)19(26)22-10-9-13-5-2-1-3-6-13/h4-5,7-8,11-12H,1-3,6,9-10H2,(H,22,26)(H,24,25). The van der Waals surface area contributed by atoms with Gasteiger partial charge in [-0.3, -0.25) is 4.79 Å². The number of hydrogen-bond donors (Lipinski definition) is 2. The van der Waals surface area contributed by atoms with Gasteiger partial charge in [-0.2, -0.15) is 0 Å². The lowest BCUT2D eigenvalue weighted by Crippen LogP contribution is -2.26. The van der Waals surface area contributed by atoms with Gasteiger partial charge < -0.3 is 10.6 Å². The lowest BCUT2D eigenvalue weighted by Gasteiger charge is -2.13. The molecule has 3 rings (SSSR count). The van der Waals surface area contributed by atoms with E-state index in [0.717, 1.165) is 19.3 Å². The Kier molecular flexibility index (Phi) is 6.47. The zero-order valence-electron chi connectivity index (χ0n) is 14.3. The van der Waals surface area contributed by atoms with Crippen LogP contribution in [0, 0.1) is 0 Å². The van der Waals surface area contributed by atoms with Gasteiger partial charge in [0.15, 0.2) is 0 Å². The van der Waals surface area contributed by atoms with E-state index in [0.29, 0.717) is 28.1 Å². The number of carbonyl (C=O) groups is 1. The molecule has 2 N–H and O–H groups in total. The molecular formula is C19H20Cl2N4O. The molecule has 1 aliphatic carbocycles. The molecule has 2 aromatic rings. The van der Waals surface area contributed by atoms with Crippen LogP contribution in [0.15, 0.2) is 42.2 Å². The number of nitrogens with one attached hydrogen (secondary N) is 2. The lowest BCUT2D eigenvalue weighted by atomic mass is 9.97. The number of aromatic nitrogens is 2. The summed E-state index contributed by atoms with van der Waals surface area (Å²) in [7, 11) is 0. The summed E-state index contributed by atoms with van der Waals surface area (Å²) in [6.45, 7) is 0.616. The zero-order valence-corrected chi connectivity index (χ0v) is 15.8. The maximum absolute atomic E-state index is 12.2. The highest BCUT2D eigenvalue weighted by atomic mass is 35.5. The third-order valence-electron chi connectivity index (χ3n) is 4.22. The largest absolute Gasteiger partial charge is 0.350 e. The smallest absolute Gasteiger partial charge is 0.271 e. The van der Waals surface area contributed by atoms with Crippen LogP contribution < -0.4 is 10.6 Å². The molecule has 5 nitrogen and oxygen atoms in total. The molecule has 0 atom stereocenters. The van der Waals surface area contributed by atoms with E-state index in [1.165, 1.54) is 30.8 Å². The normalized spacial score (nSPS) is 13.8. The molecule has 1 heterocycles. The van der Waals surface area contributed by atoms with Gasteiger partial charge in [0.2, 0.25) is 0 Å². The van der Waals surface area contributed by atoms with Crippen molar-refractivity contribution >= 4 is 40.6 Å². The molecular weight excluding hydrogens is 371 g/mol. The second-order valence-corrected chi connectivity index (χ2v) is 6.91. The summed E-state index contributed by atoms with van der Waals surface area (Å²) in [5.41, 5.74) is 2.34. The Hall–Kier alpha value is -2.11. The molecule has 136 valence electrons. The van der Waals surface area contributed by atoms with Crippen molar-refractivity contribution in [1.82, 2.24) is 15.3 Å². The van der Waals surface area contributed by atoms with Crippen molar-refractivity contribution in [2.75, 3.05) is 11.9 Å². The molecule has 7 heteroatoms. The number of carbonyl (C=O) groups excluding carboxylic acids is 1. The minimum atomic E-state index is -0.221. The number of rotatable bonds is 6. The number of anilines is 2. The average molecular weight is 391 g/mol. The van der Waals surface area contributed by atoms with Crippen LogP contribution in [0.1, 0.15) is 42.6 Å². The summed E-state index contributed by atoms with van der Waals surface area (Å²) in [5, 5.41) is 6.79. The molecule has 0 radical (unpaired) electrons. The average Bonchev–Trinajstić information content (AvgIpc) is 2.67. The van der Waals surface area contributed by atoms with Gasteiger partial charge >= 0.3 is 0 Å². The summed E-state index contributed by atoms with van der Waals surface area (Å²) >= 11 is 12.1. The number of amides is 1. The first-order valence-corrected chi connectivity index (χ1v) is 9.38. The first kappa shape index (κ1) is 18.7. The van der Waals surface area contributed by atoms with E-state index >= 15 is 0 Å². The minimum absolute atomic E-state index is 0.221. The van der Waals surface area contributed by atoms with Crippen LogP contribution in [0.5, 0.6) is 0 Å². The van der Waals surface area contributed by atoms with Crippen molar-refractivity contribution in [2.45, 2.75) is 32.1 Å². The molecule has 0 aliphatic heterocycles. The molecule has 1 aliphatic rings. The van der Waals surface area contributed by atoms with Crippen molar-refractivity contribution in [1.29, 1.82) is 0 Å². The van der Waals surface area contributed by atoms with Crippen LogP contribution >= 0.6 is 23.2 Å². The summed E-state index contributed by atoms with van der Waals surface area (Å²) in [5.74, 6) is 0.263. The first-order valence-electron chi connectivity index (χ1n) is 8.62. The SMILES string of the molecule is O=C(NCCC1=CCCCC1)c1cnc(Nc2cccc(Cl)c2Cl)cn1. The van der Waals surface area contributed by atoms with E-state index < -0.39 is 0 Å². The lowest BCUT2D eigenvalue weighted by molar-refractivity contribution is 0.0948. The van der Waals surface area contributed by atoms with Gasteiger partial charge in [0, 0.05) is 6.54 Å². The maximum Gasteiger partial charge on any atom is 0.271 e. The summed E-state index contributed by atoms with van der Waals surface area (Å²) in [6, 6.07) is 5.28. The highest BCUT2D eigenvalue weighted by Crippen LogP contribution is 2.31. The Labute approximate surface area is 162 Å². The Morgan fingerprint density at radius 2 is 2.04 bits per heavy atom. The number of nitrogens with zero attached hydrogens (tertiary/aromatic N) is 2. The Balaban J connectivity index is 1.54. The van der Waals surface area contributed by atoms with Gasteiger partial charge in [-0.25, -0.2) is 9.97 Å². The molecule has 1 aromatic heterocycles. The van der Waals surface area contributed by atoms with E-state index in [4.69, 9.17) is 23.2 Å². The Morgan fingerprint density at radius 1 is 1.15 bits per heavy atom. The van der Waals surface area contributed by atoms with Crippen LogP contribution in [0.3, 0.4) is 0 Å². The van der Waals surface area contributed by atoms with Gasteiger partial charge in [-0.1, -0.05) is 40.9 Å². The molecule has 0 spiro atoms. The zero-order chi connectivity index (χ0) is 18.4. The number of halogens is 2. The fourth-order valence-corrected chi connectivity index (χ4v) is 3.15. The predicted octanol–water partition coefficient (Wildman–Crippen LogP) is 5.15. The molecule has 0 bridgehead atoms. The molecule has 1 aromatic carbocycles. The third-order valence-corrected chi connectivity index (χ3v) is 5.03. The van der Waals surface area contributed by atoms with Gasteiger partial charge in [-0.15, -0.1) is 0 Å². The summed E-state index contributed by atoms with van der Waals surface area (Å²) < 4.78 is 0. The van der Waals surface area contributed by atoms with Gasteiger partial charge in [0.25, 0.3) is 5.91 Å². The molecule has 1 amide bonds. The maximum atomic E-state index is 12.2. The fraction of sp³-hybridized carbons (Fsp3) is 0.316. The van der Waals surface area contributed by atoms with E-state index in [2.05, 4.69) is 26.7 Å². The van der Waals surface area contributed by atoms with Crippen molar-refractivity contribution in [2.24, 2.45) is 0 Å². The number of hydrogen-bond acceptors (Lipinski definition) is 4. The van der Waals surface area contributed by atoms with Crippen molar-refractivity contribution in [3.8, 4) is 0 Å². The van der Waals surface area contributed by atoms with E-state index in [9.17, 15) is 4.79 Å². The molecule has 0 saturated carbocycles. The topological polar surface area (TPSA) is 66.9 Å².